The second kappa shape index (κ2) is 7.89. The molecular weight excluding hydrogens is 288 g/mol. The maximum absolute atomic E-state index is 12.1. The molecule has 0 aliphatic rings. The molecule has 0 saturated heterocycles. The summed E-state index contributed by atoms with van der Waals surface area (Å²) < 4.78 is 30.6. The zero-order valence-electron chi connectivity index (χ0n) is 12.8. The first-order valence-corrected chi connectivity index (χ1v) is 7.27. The van der Waals surface area contributed by atoms with Crippen LogP contribution in [0.25, 0.3) is 0 Å². The Morgan fingerprint density at radius 3 is 2.59 bits per heavy atom. The Balaban J connectivity index is 1.72. The highest BCUT2D eigenvalue weighted by Gasteiger charge is 2.06. The minimum Gasteiger partial charge on any atom is -0.435 e. The van der Waals surface area contributed by atoms with Crippen molar-refractivity contribution in [1.82, 2.24) is 14.9 Å². The quantitative estimate of drug-likeness (QED) is 0.814. The molecule has 0 amide bonds. The number of hydrogen-bond donors (Lipinski definition) is 1. The van der Waals surface area contributed by atoms with Gasteiger partial charge in [0, 0.05) is 25.5 Å². The average molecular weight is 309 g/mol. The zero-order chi connectivity index (χ0) is 15.9. The fourth-order valence-corrected chi connectivity index (χ4v) is 2.25. The normalized spacial score (nSPS) is 12.6. The number of ether oxygens (including phenoxy) is 1. The molecule has 2 aromatic rings. The summed E-state index contributed by atoms with van der Waals surface area (Å²) in [5, 5.41) is 3.37. The third-order valence-electron chi connectivity index (χ3n) is 3.40. The molecular formula is C16H21F2N3O. The van der Waals surface area contributed by atoms with E-state index in [1.807, 2.05) is 13.1 Å². The van der Waals surface area contributed by atoms with Gasteiger partial charge in [-0.15, -0.1) is 0 Å². The molecule has 2 rings (SSSR count). The first-order chi connectivity index (χ1) is 10.5. The summed E-state index contributed by atoms with van der Waals surface area (Å²) in [6, 6.07) is 6.69. The van der Waals surface area contributed by atoms with Gasteiger partial charge in [0.05, 0.1) is 0 Å². The second-order valence-corrected chi connectivity index (χ2v) is 5.39. The number of halogens is 2. The van der Waals surface area contributed by atoms with Gasteiger partial charge in [-0.3, -0.25) is 0 Å². The van der Waals surface area contributed by atoms with Crippen LogP contribution in [0.4, 0.5) is 8.78 Å². The van der Waals surface area contributed by atoms with Crippen molar-refractivity contribution in [2.45, 2.75) is 33.5 Å². The fraction of sp³-hybridized carbons (Fsp3) is 0.438. The highest BCUT2D eigenvalue weighted by Crippen LogP contribution is 2.14. The minimum atomic E-state index is -2.78. The van der Waals surface area contributed by atoms with Crippen LogP contribution in [0.2, 0.25) is 0 Å². The van der Waals surface area contributed by atoms with E-state index in [2.05, 4.69) is 26.5 Å². The van der Waals surface area contributed by atoms with E-state index < -0.39 is 6.61 Å². The van der Waals surface area contributed by atoms with Crippen molar-refractivity contribution in [3.63, 3.8) is 0 Å². The van der Waals surface area contributed by atoms with Gasteiger partial charge in [-0.05, 0) is 37.1 Å². The lowest BCUT2D eigenvalue weighted by Gasteiger charge is -2.14. The topological polar surface area (TPSA) is 39.1 Å². The number of benzene rings is 1. The molecule has 6 heteroatoms. The zero-order valence-corrected chi connectivity index (χ0v) is 12.8. The summed E-state index contributed by atoms with van der Waals surface area (Å²) in [6.45, 7) is 3.86. The molecule has 1 atom stereocenters. The maximum Gasteiger partial charge on any atom is 0.387 e. The van der Waals surface area contributed by atoms with Crippen LogP contribution in [0.15, 0.2) is 36.7 Å². The minimum absolute atomic E-state index is 0.183. The molecule has 1 heterocycles. The lowest BCUT2D eigenvalue weighted by Crippen LogP contribution is -2.24. The number of nitrogens with zero attached hydrogens (tertiary/aromatic N) is 2. The molecule has 22 heavy (non-hydrogen) atoms. The summed E-state index contributed by atoms with van der Waals surface area (Å²) in [7, 11) is 0. The Morgan fingerprint density at radius 2 is 2.00 bits per heavy atom. The third kappa shape index (κ3) is 5.11. The molecule has 1 N–H and O–H groups in total. The lowest BCUT2D eigenvalue weighted by atomic mass is 10.1. The van der Waals surface area contributed by atoms with Crippen LogP contribution in [-0.4, -0.2) is 22.7 Å². The molecule has 0 bridgehead atoms. The summed E-state index contributed by atoms with van der Waals surface area (Å²) in [6.07, 6.45) is 3.78. The van der Waals surface area contributed by atoms with Gasteiger partial charge in [0.25, 0.3) is 0 Å². The van der Waals surface area contributed by atoms with Crippen LogP contribution in [-0.2, 0) is 13.1 Å². The Bertz CT molecular complexity index is 569. The summed E-state index contributed by atoms with van der Waals surface area (Å²) in [4.78, 5) is 4.20. The van der Waals surface area contributed by atoms with Gasteiger partial charge in [-0.1, -0.05) is 19.1 Å². The largest absolute Gasteiger partial charge is 0.435 e. The molecule has 0 saturated carbocycles. The number of alkyl halides is 2. The van der Waals surface area contributed by atoms with Crippen LogP contribution < -0.4 is 10.1 Å². The number of rotatable bonds is 8. The van der Waals surface area contributed by atoms with Gasteiger partial charge in [0.2, 0.25) is 0 Å². The molecule has 4 nitrogen and oxygen atoms in total. The molecule has 0 aliphatic carbocycles. The van der Waals surface area contributed by atoms with Crippen LogP contribution in [0.1, 0.15) is 18.3 Å². The van der Waals surface area contributed by atoms with Gasteiger partial charge in [-0.2, -0.15) is 8.78 Å². The van der Waals surface area contributed by atoms with Gasteiger partial charge >= 0.3 is 6.61 Å². The molecule has 1 unspecified atom stereocenters. The number of aromatic nitrogens is 2. The molecule has 1 aromatic carbocycles. The van der Waals surface area contributed by atoms with Gasteiger partial charge in [0.1, 0.15) is 11.6 Å². The first-order valence-electron chi connectivity index (χ1n) is 7.27. The molecule has 0 radical (unpaired) electrons. The van der Waals surface area contributed by atoms with Crippen molar-refractivity contribution in [3.8, 4) is 5.75 Å². The summed E-state index contributed by atoms with van der Waals surface area (Å²) in [5.41, 5.74) is 1.03. The number of hydrogen-bond acceptors (Lipinski definition) is 3. The highest BCUT2D eigenvalue weighted by molar-refractivity contribution is 5.27. The van der Waals surface area contributed by atoms with Crippen LogP contribution in [0.5, 0.6) is 5.75 Å². The highest BCUT2D eigenvalue weighted by atomic mass is 19.3. The monoisotopic (exact) mass is 309 g/mol. The molecule has 1 aromatic heterocycles. The Morgan fingerprint density at radius 1 is 1.27 bits per heavy atom. The fourth-order valence-electron chi connectivity index (χ4n) is 2.25. The predicted octanol–water partition coefficient (Wildman–Crippen LogP) is 3.22. The van der Waals surface area contributed by atoms with Gasteiger partial charge < -0.3 is 14.6 Å². The molecule has 120 valence electrons. The van der Waals surface area contributed by atoms with Crippen LogP contribution >= 0.6 is 0 Å². The molecule has 0 aliphatic heterocycles. The molecule has 0 spiro atoms. The summed E-state index contributed by atoms with van der Waals surface area (Å²) >= 11 is 0. The number of imidazole rings is 1. The van der Waals surface area contributed by atoms with Crippen molar-refractivity contribution in [1.29, 1.82) is 0 Å². The maximum atomic E-state index is 12.1. The second-order valence-electron chi connectivity index (χ2n) is 5.39. The van der Waals surface area contributed by atoms with Crippen LogP contribution in [0, 0.1) is 12.8 Å². The van der Waals surface area contributed by atoms with Gasteiger partial charge in [0.15, 0.2) is 0 Å². The smallest absolute Gasteiger partial charge is 0.387 e. The lowest BCUT2D eigenvalue weighted by molar-refractivity contribution is -0.0498. The molecule has 0 fully saturated rings. The van der Waals surface area contributed by atoms with E-state index in [0.717, 1.165) is 24.5 Å². The van der Waals surface area contributed by atoms with Crippen LogP contribution in [0.3, 0.4) is 0 Å². The number of aryl methyl sites for hydroxylation is 1. The van der Waals surface area contributed by atoms with E-state index >= 15 is 0 Å². The van der Waals surface area contributed by atoms with Crippen molar-refractivity contribution in [3.05, 3.63) is 48.0 Å². The Labute approximate surface area is 129 Å². The van der Waals surface area contributed by atoms with E-state index in [-0.39, 0.29) is 5.75 Å². The first kappa shape index (κ1) is 16.4. The number of nitrogens with one attached hydrogen (secondary N) is 1. The van der Waals surface area contributed by atoms with Gasteiger partial charge in [-0.25, -0.2) is 4.98 Å². The van der Waals surface area contributed by atoms with Crippen molar-refractivity contribution in [2.24, 2.45) is 5.92 Å². The SMILES string of the molecule is Cc1nccn1CC(C)CNCc1ccc(OC(F)F)cc1. The Hall–Kier alpha value is -1.95. The van der Waals surface area contributed by atoms with E-state index in [0.29, 0.717) is 12.5 Å². The van der Waals surface area contributed by atoms with E-state index in [1.54, 1.807) is 30.5 Å². The van der Waals surface area contributed by atoms with E-state index in [4.69, 9.17) is 0 Å². The average Bonchev–Trinajstić information content (AvgIpc) is 2.85. The van der Waals surface area contributed by atoms with Crippen molar-refractivity contribution >= 4 is 0 Å². The predicted molar refractivity (Wildman–Crippen MR) is 80.9 cm³/mol. The summed E-state index contributed by atoms with van der Waals surface area (Å²) in [5.74, 6) is 1.67. The van der Waals surface area contributed by atoms with Crippen molar-refractivity contribution < 1.29 is 13.5 Å². The van der Waals surface area contributed by atoms with Crippen molar-refractivity contribution in [2.75, 3.05) is 6.54 Å². The third-order valence-corrected chi connectivity index (χ3v) is 3.40. The Kier molecular flexibility index (Phi) is 5.89. The standard InChI is InChI=1S/C16H21F2N3O/c1-12(11-21-8-7-20-13(21)2)9-19-10-14-3-5-15(6-4-14)22-16(17)18/h3-8,12,16,19H,9-11H2,1-2H3. The van der Waals surface area contributed by atoms with E-state index in [9.17, 15) is 8.78 Å². The van der Waals surface area contributed by atoms with E-state index in [1.165, 1.54) is 0 Å².